The average Bonchev–Trinajstić information content (AvgIpc) is 3.15. The molecular formula is C15H20N4OS. The van der Waals surface area contributed by atoms with Gasteiger partial charge >= 0.3 is 0 Å². The number of aryl methyl sites for hydroxylation is 1. The Morgan fingerprint density at radius 2 is 2.14 bits per heavy atom. The van der Waals surface area contributed by atoms with Gasteiger partial charge in [-0.25, -0.2) is 0 Å². The Morgan fingerprint density at radius 1 is 1.38 bits per heavy atom. The minimum absolute atomic E-state index is 0.0593. The van der Waals surface area contributed by atoms with E-state index < -0.39 is 0 Å². The van der Waals surface area contributed by atoms with Crippen LogP contribution < -0.4 is 10.9 Å². The molecule has 1 aliphatic carbocycles. The number of aromatic nitrogens is 3. The van der Waals surface area contributed by atoms with E-state index in [1.807, 2.05) is 23.6 Å². The molecule has 2 heterocycles. The summed E-state index contributed by atoms with van der Waals surface area (Å²) in [6.45, 7) is 7.13. The monoisotopic (exact) mass is 304 g/mol. The van der Waals surface area contributed by atoms with Crippen LogP contribution in [-0.4, -0.2) is 21.3 Å². The van der Waals surface area contributed by atoms with Gasteiger partial charge in [-0.1, -0.05) is 25.2 Å². The second-order valence-corrected chi connectivity index (χ2v) is 6.96. The fraction of sp³-hybridized carbons (Fsp3) is 0.533. The number of anilines is 1. The summed E-state index contributed by atoms with van der Waals surface area (Å²) in [4.78, 5) is 12.6. The summed E-state index contributed by atoms with van der Waals surface area (Å²) in [6, 6.07) is 4.24. The predicted octanol–water partition coefficient (Wildman–Crippen LogP) is 3.08. The molecule has 21 heavy (non-hydrogen) atoms. The summed E-state index contributed by atoms with van der Waals surface area (Å²) < 4.78 is 1.90. The van der Waals surface area contributed by atoms with Crippen molar-refractivity contribution in [1.82, 2.24) is 14.8 Å². The lowest BCUT2D eigenvalue weighted by Gasteiger charge is -2.09. The highest BCUT2D eigenvalue weighted by atomic mass is 32.1. The number of hydrogen-bond acceptors (Lipinski definition) is 5. The summed E-state index contributed by atoms with van der Waals surface area (Å²) >= 11 is 1.44. The lowest BCUT2D eigenvalue weighted by atomic mass is 10.2. The standard InChI is InChI=1S/C15H20N4OS/c1-9(2)8-16-15-18-17-13(21-15)12-7-4-10(3)19(14(12)20)11-5-6-11/h4,7,9,11H,5-6,8H2,1-3H3,(H,16,18). The van der Waals surface area contributed by atoms with Crippen LogP contribution in [0.5, 0.6) is 0 Å². The molecule has 0 aliphatic heterocycles. The van der Waals surface area contributed by atoms with E-state index in [9.17, 15) is 4.79 Å². The molecule has 1 N–H and O–H groups in total. The highest BCUT2D eigenvalue weighted by Crippen LogP contribution is 2.35. The Hall–Kier alpha value is -1.69. The summed E-state index contributed by atoms with van der Waals surface area (Å²) in [6.07, 6.45) is 2.20. The van der Waals surface area contributed by atoms with Crippen LogP contribution in [0.15, 0.2) is 16.9 Å². The molecule has 0 bridgehead atoms. The lowest BCUT2D eigenvalue weighted by molar-refractivity contribution is 0.683. The first kappa shape index (κ1) is 14.3. The van der Waals surface area contributed by atoms with E-state index in [-0.39, 0.29) is 5.56 Å². The molecule has 0 spiro atoms. The fourth-order valence-electron chi connectivity index (χ4n) is 2.29. The van der Waals surface area contributed by atoms with Crippen LogP contribution in [0, 0.1) is 12.8 Å². The molecule has 0 atom stereocenters. The number of nitrogens with zero attached hydrogens (tertiary/aromatic N) is 3. The molecule has 1 aliphatic rings. The van der Waals surface area contributed by atoms with Crippen LogP contribution in [0.3, 0.4) is 0 Å². The quantitative estimate of drug-likeness (QED) is 0.922. The normalized spacial score (nSPS) is 14.7. The number of rotatable bonds is 5. The minimum atomic E-state index is 0.0593. The molecule has 1 saturated carbocycles. The van der Waals surface area contributed by atoms with Crippen molar-refractivity contribution in [3.8, 4) is 10.6 Å². The smallest absolute Gasteiger partial charge is 0.261 e. The molecule has 112 valence electrons. The maximum atomic E-state index is 12.6. The molecule has 0 radical (unpaired) electrons. The molecule has 5 nitrogen and oxygen atoms in total. The third kappa shape index (κ3) is 3.00. The van der Waals surface area contributed by atoms with Gasteiger partial charge in [0, 0.05) is 18.3 Å². The topological polar surface area (TPSA) is 59.8 Å². The maximum Gasteiger partial charge on any atom is 0.261 e. The highest BCUT2D eigenvalue weighted by Gasteiger charge is 2.27. The van der Waals surface area contributed by atoms with Gasteiger partial charge in [0.1, 0.15) is 0 Å². The van der Waals surface area contributed by atoms with Gasteiger partial charge in [0.05, 0.1) is 5.56 Å². The second kappa shape index (κ2) is 5.60. The SMILES string of the molecule is Cc1ccc(-c2nnc(NCC(C)C)s2)c(=O)n1C1CC1. The maximum absolute atomic E-state index is 12.6. The van der Waals surface area contributed by atoms with Crippen molar-refractivity contribution in [1.29, 1.82) is 0 Å². The Labute approximate surface area is 128 Å². The summed E-state index contributed by atoms with van der Waals surface area (Å²) in [7, 11) is 0. The van der Waals surface area contributed by atoms with Gasteiger partial charge in [0.2, 0.25) is 5.13 Å². The first-order chi connectivity index (χ1) is 10.1. The molecule has 0 saturated heterocycles. The van der Waals surface area contributed by atoms with E-state index in [2.05, 4.69) is 29.4 Å². The van der Waals surface area contributed by atoms with Crippen molar-refractivity contribution in [2.24, 2.45) is 5.92 Å². The van der Waals surface area contributed by atoms with Gasteiger partial charge < -0.3 is 9.88 Å². The van der Waals surface area contributed by atoms with Gasteiger partial charge in [0.15, 0.2) is 5.01 Å². The minimum Gasteiger partial charge on any atom is -0.360 e. The zero-order valence-corrected chi connectivity index (χ0v) is 13.4. The van der Waals surface area contributed by atoms with Crippen molar-refractivity contribution in [2.45, 2.75) is 39.7 Å². The summed E-state index contributed by atoms with van der Waals surface area (Å²) in [5.41, 5.74) is 1.74. The Bertz CT molecular complexity index is 700. The van der Waals surface area contributed by atoms with Crippen LogP contribution in [0.2, 0.25) is 0 Å². The molecule has 2 aromatic rings. The molecule has 0 aromatic carbocycles. The van der Waals surface area contributed by atoms with Gasteiger partial charge in [-0.05, 0) is 37.8 Å². The van der Waals surface area contributed by atoms with Crippen molar-refractivity contribution >= 4 is 16.5 Å². The van der Waals surface area contributed by atoms with Crippen LogP contribution in [0.1, 0.15) is 38.4 Å². The van der Waals surface area contributed by atoms with E-state index in [1.165, 1.54) is 11.3 Å². The first-order valence-electron chi connectivity index (χ1n) is 7.36. The van der Waals surface area contributed by atoms with E-state index >= 15 is 0 Å². The number of hydrogen-bond donors (Lipinski definition) is 1. The Morgan fingerprint density at radius 3 is 2.81 bits per heavy atom. The zero-order valence-electron chi connectivity index (χ0n) is 12.6. The lowest BCUT2D eigenvalue weighted by Crippen LogP contribution is -2.22. The third-order valence-corrected chi connectivity index (χ3v) is 4.46. The van der Waals surface area contributed by atoms with Gasteiger partial charge in [-0.2, -0.15) is 0 Å². The van der Waals surface area contributed by atoms with E-state index in [0.29, 0.717) is 22.5 Å². The molecule has 3 rings (SSSR count). The summed E-state index contributed by atoms with van der Waals surface area (Å²) in [5, 5.41) is 13.0. The average molecular weight is 304 g/mol. The molecule has 6 heteroatoms. The zero-order chi connectivity index (χ0) is 15.0. The second-order valence-electron chi connectivity index (χ2n) is 5.98. The first-order valence-corrected chi connectivity index (χ1v) is 8.18. The third-order valence-electron chi connectivity index (χ3n) is 3.55. The highest BCUT2D eigenvalue weighted by molar-refractivity contribution is 7.18. The Kier molecular flexibility index (Phi) is 3.80. The number of nitrogens with one attached hydrogen (secondary N) is 1. The van der Waals surface area contributed by atoms with Gasteiger partial charge in [0.25, 0.3) is 5.56 Å². The molecule has 0 unspecified atom stereocenters. The van der Waals surface area contributed by atoms with Crippen LogP contribution in [-0.2, 0) is 0 Å². The van der Waals surface area contributed by atoms with Crippen LogP contribution >= 0.6 is 11.3 Å². The van der Waals surface area contributed by atoms with E-state index in [0.717, 1.165) is 30.2 Å². The molecule has 2 aromatic heterocycles. The fourth-order valence-corrected chi connectivity index (χ4v) is 3.06. The number of pyridine rings is 1. The van der Waals surface area contributed by atoms with E-state index in [1.54, 1.807) is 0 Å². The molecule has 1 fully saturated rings. The summed E-state index contributed by atoms with van der Waals surface area (Å²) in [5.74, 6) is 0.545. The Balaban J connectivity index is 1.90. The molecular weight excluding hydrogens is 284 g/mol. The van der Waals surface area contributed by atoms with Crippen molar-refractivity contribution in [3.05, 3.63) is 28.2 Å². The van der Waals surface area contributed by atoms with Crippen molar-refractivity contribution in [2.75, 3.05) is 11.9 Å². The van der Waals surface area contributed by atoms with Gasteiger partial charge in [-0.3, -0.25) is 4.79 Å². The molecule has 0 amide bonds. The van der Waals surface area contributed by atoms with Gasteiger partial charge in [-0.15, -0.1) is 10.2 Å². The van der Waals surface area contributed by atoms with Crippen molar-refractivity contribution in [3.63, 3.8) is 0 Å². The predicted molar refractivity (Wildman–Crippen MR) is 85.9 cm³/mol. The van der Waals surface area contributed by atoms with E-state index in [4.69, 9.17) is 0 Å². The van der Waals surface area contributed by atoms with Crippen LogP contribution in [0.4, 0.5) is 5.13 Å². The van der Waals surface area contributed by atoms with Crippen molar-refractivity contribution < 1.29 is 0 Å². The largest absolute Gasteiger partial charge is 0.360 e. The van der Waals surface area contributed by atoms with Crippen LogP contribution in [0.25, 0.3) is 10.6 Å².